The molecule has 0 aliphatic carbocycles. The molecule has 5 rings (SSSR count). The summed E-state index contributed by atoms with van der Waals surface area (Å²) in [5.41, 5.74) is 4.82. The second-order valence-corrected chi connectivity index (χ2v) is 8.82. The van der Waals surface area contributed by atoms with Crippen LogP contribution in [0.1, 0.15) is 23.6 Å². The van der Waals surface area contributed by atoms with Crippen LogP contribution in [0.2, 0.25) is 0 Å². The predicted molar refractivity (Wildman–Crippen MR) is 137 cm³/mol. The Morgan fingerprint density at radius 2 is 1.29 bits per heavy atom. The third-order valence-electron chi connectivity index (χ3n) is 6.60. The number of carbonyl (C=O) groups is 1. The molecule has 1 fully saturated rings. The number of hydrogen-bond acceptors (Lipinski definition) is 2. The first-order valence-corrected chi connectivity index (χ1v) is 11.5. The van der Waals surface area contributed by atoms with Crippen molar-refractivity contribution in [2.75, 3.05) is 6.54 Å². The zero-order valence-corrected chi connectivity index (χ0v) is 19.2. The van der Waals surface area contributed by atoms with Gasteiger partial charge in [-0.1, -0.05) is 115 Å². The summed E-state index contributed by atoms with van der Waals surface area (Å²) in [6.45, 7) is 2.61. The molecule has 1 amide bonds. The highest BCUT2D eigenvalue weighted by Gasteiger charge is 2.49. The summed E-state index contributed by atoms with van der Waals surface area (Å²) < 4.78 is 0. The summed E-state index contributed by atoms with van der Waals surface area (Å²) >= 11 is 0. The van der Waals surface area contributed by atoms with Crippen LogP contribution in [0.4, 0.5) is 0 Å². The quantitative estimate of drug-likeness (QED) is 0.380. The minimum atomic E-state index is -1.38. The summed E-state index contributed by atoms with van der Waals surface area (Å²) in [6, 6.07) is 37.8. The molecular formula is C31H27NO2. The van der Waals surface area contributed by atoms with Gasteiger partial charge in [0.15, 0.2) is 0 Å². The average molecular weight is 446 g/mol. The van der Waals surface area contributed by atoms with Gasteiger partial charge in [0.1, 0.15) is 5.60 Å². The number of rotatable bonds is 5. The SMILES string of the molecule is C/C(=C1\C(=O)N(Cc2ccccc2)CC1(O)c1ccccc1)c1ccc(-c2ccccc2)cc1. The van der Waals surface area contributed by atoms with E-state index >= 15 is 0 Å². The van der Waals surface area contributed by atoms with Crippen LogP contribution in [0.5, 0.6) is 0 Å². The maximum absolute atomic E-state index is 13.7. The van der Waals surface area contributed by atoms with Crippen molar-refractivity contribution >= 4 is 11.5 Å². The van der Waals surface area contributed by atoms with E-state index in [1.165, 1.54) is 0 Å². The zero-order valence-electron chi connectivity index (χ0n) is 19.2. The Balaban J connectivity index is 1.56. The predicted octanol–water partition coefficient (Wildman–Crippen LogP) is 6.06. The molecule has 0 bridgehead atoms. The van der Waals surface area contributed by atoms with Gasteiger partial charge in [0.25, 0.3) is 5.91 Å². The standard InChI is InChI=1S/C31H27NO2/c1-23(25-17-19-27(20-18-25)26-13-7-3-8-14-26)29-30(33)32(21-24-11-5-2-6-12-24)22-31(29,34)28-15-9-4-10-16-28/h2-20,34H,21-22H2,1H3/b29-23-. The van der Waals surface area contributed by atoms with Gasteiger partial charge in [0.05, 0.1) is 12.1 Å². The normalized spacial score (nSPS) is 19.4. The molecule has 0 spiro atoms. The third kappa shape index (κ3) is 4.07. The van der Waals surface area contributed by atoms with Gasteiger partial charge >= 0.3 is 0 Å². The van der Waals surface area contributed by atoms with Crippen molar-refractivity contribution in [1.82, 2.24) is 4.90 Å². The van der Waals surface area contributed by atoms with Gasteiger partial charge in [-0.2, -0.15) is 0 Å². The molecule has 4 aromatic carbocycles. The minimum Gasteiger partial charge on any atom is -0.378 e. The van der Waals surface area contributed by atoms with E-state index < -0.39 is 5.60 Å². The molecule has 0 aromatic heterocycles. The van der Waals surface area contributed by atoms with Gasteiger partial charge in [-0.05, 0) is 40.3 Å². The Morgan fingerprint density at radius 1 is 0.765 bits per heavy atom. The molecule has 0 radical (unpaired) electrons. The minimum absolute atomic E-state index is 0.125. The number of allylic oxidation sites excluding steroid dienone is 1. The summed E-state index contributed by atoms with van der Waals surface area (Å²) in [7, 11) is 0. The average Bonchev–Trinajstić information content (AvgIpc) is 3.15. The number of benzene rings is 4. The van der Waals surface area contributed by atoms with Gasteiger partial charge in [-0.25, -0.2) is 0 Å². The Morgan fingerprint density at radius 3 is 1.91 bits per heavy atom. The van der Waals surface area contributed by atoms with Crippen LogP contribution in [-0.4, -0.2) is 22.5 Å². The molecule has 1 N–H and O–H groups in total. The van der Waals surface area contributed by atoms with Crippen LogP contribution in [-0.2, 0) is 16.9 Å². The first kappa shape index (κ1) is 21.9. The second kappa shape index (κ2) is 9.12. The smallest absolute Gasteiger partial charge is 0.253 e. The van der Waals surface area contributed by atoms with E-state index in [0.29, 0.717) is 12.1 Å². The van der Waals surface area contributed by atoms with Gasteiger partial charge in [0.2, 0.25) is 0 Å². The fourth-order valence-electron chi connectivity index (χ4n) is 4.80. The molecule has 34 heavy (non-hydrogen) atoms. The molecule has 1 aliphatic heterocycles. The highest BCUT2D eigenvalue weighted by atomic mass is 16.3. The molecular weight excluding hydrogens is 418 g/mol. The Labute approximate surface area is 200 Å². The van der Waals surface area contributed by atoms with E-state index in [2.05, 4.69) is 24.3 Å². The maximum atomic E-state index is 13.7. The number of nitrogens with zero attached hydrogens (tertiary/aromatic N) is 1. The van der Waals surface area contributed by atoms with Crippen molar-refractivity contribution in [3.63, 3.8) is 0 Å². The van der Waals surface area contributed by atoms with Crippen LogP contribution < -0.4 is 0 Å². The molecule has 1 atom stereocenters. The lowest BCUT2D eigenvalue weighted by Gasteiger charge is -2.25. The van der Waals surface area contributed by atoms with Crippen LogP contribution in [0, 0.1) is 0 Å². The Bertz CT molecular complexity index is 1310. The molecule has 0 saturated carbocycles. The first-order chi connectivity index (χ1) is 16.6. The van der Waals surface area contributed by atoms with Crippen molar-refractivity contribution in [2.24, 2.45) is 0 Å². The van der Waals surface area contributed by atoms with E-state index in [1.54, 1.807) is 4.90 Å². The van der Waals surface area contributed by atoms with Crippen molar-refractivity contribution in [2.45, 2.75) is 19.1 Å². The number of aliphatic hydroxyl groups is 1. The molecule has 3 heteroatoms. The number of amides is 1. The van der Waals surface area contributed by atoms with Crippen molar-refractivity contribution in [3.05, 3.63) is 138 Å². The third-order valence-corrected chi connectivity index (χ3v) is 6.60. The lowest BCUT2D eigenvalue weighted by Crippen LogP contribution is -2.32. The second-order valence-electron chi connectivity index (χ2n) is 8.82. The topological polar surface area (TPSA) is 40.5 Å². The molecule has 1 heterocycles. The number of β-amino-alcohol motifs (C(OH)–C–C–N with tert-alkyl or cyclic N) is 1. The van der Waals surface area contributed by atoms with Crippen LogP contribution in [0.3, 0.4) is 0 Å². The van der Waals surface area contributed by atoms with Crippen molar-refractivity contribution in [3.8, 4) is 11.1 Å². The molecule has 4 aromatic rings. The van der Waals surface area contributed by atoms with Gasteiger partial charge in [0, 0.05) is 6.54 Å². The summed E-state index contributed by atoms with van der Waals surface area (Å²) in [5.74, 6) is -0.125. The number of likely N-dealkylation sites (tertiary alicyclic amines) is 1. The summed E-state index contributed by atoms with van der Waals surface area (Å²) in [6.07, 6.45) is 0. The maximum Gasteiger partial charge on any atom is 0.253 e. The molecule has 1 unspecified atom stereocenters. The van der Waals surface area contributed by atoms with Crippen molar-refractivity contribution in [1.29, 1.82) is 0 Å². The molecule has 1 saturated heterocycles. The summed E-state index contributed by atoms with van der Waals surface area (Å²) in [4.78, 5) is 15.5. The monoisotopic (exact) mass is 445 g/mol. The molecule has 168 valence electrons. The lowest BCUT2D eigenvalue weighted by molar-refractivity contribution is -0.125. The fraction of sp³-hybridized carbons (Fsp3) is 0.129. The lowest BCUT2D eigenvalue weighted by atomic mass is 9.84. The van der Waals surface area contributed by atoms with Crippen molar-refractivity contribution < 1.29 is 9.90 Å². The van der Waals surface area contributed by atoms with Gasteiger partial charge in [-0.3, -0.25) is 4.79 Å². The van der Waals surface area contributed by atoms with E-state index in [4.69, 9.17) is 0 Å². The highest BCUT2D eigenvalue weighted by Crippen LogP contribution is 2.42. The zero-order chi connectivity index (χ0) is 23.5. The highest BCUT2D eigenvalue weighted by molar-refractivity contribution is 6.05. The van der Waals surface area contributed by atoms with Gasteiger partial charge < -0.3 is 10.0 Å². The van der Waals surface area contributed by atoms with E-state index in [9.17, 15) is 9.90 Å². The summed E-state index contributed by atoms with van der Waals surface area (Å²) in [5, 5.41) is 12.0. The Kier molecular flexibility index (Phi) is 5.87. The molecule has 3 nitrogen and oxygen atoms in total. The molecule has 1 aliphatic rings. The van der Waals surface area contributed by atoms with Crippen LogP contribution in [0.15, 0.2) is 121 Å². The largest absolute Gasteiger partial charge is 0.378 e. The number of hydrogen-bond donors (Lipinski definition) is 1. The Hall–Kier alpha value is -3.95. The van der Waals surface area contributed by atoms with Crippen LogP contribution >= 0.6 is 0 Å². The first-order valence-electron chi connectivity index (χ1n) is 11.5. The van der Waals surface area contributed by atoms with E-state index in [1.807, 2.05) is 97.9 Å². The number of carbonyl (C=O) groups excluding carboxylic acids is 1. The van der Waals surface area contributed by atoms with E-state index in [0.717, 1.165) is 33.4 Å². The van der Waals surface area contributed by atoms with Gasteiger partial charge in [-0.15, -0.1) is 0 Å². The van der Waals surface area contributed by atoms with E-state index in [-0.39, 0.29) is 12.5 Å². The fourth-order valence-corrected chi connectivity index (χ4v) is 4.80. The van der Waals surface area contributed by atoms with Crippen LogP contribution in [0.25, 0.3) is 16.7 Å².